The summed E-state index contributed by atoms with van der Waals surface area (Å²) >= 11 is 0. The number of carbonyl (C=O) groups excluding carboxylic acids is 3. The van der Waals surface area contributed by atoms with E-state index in [1.165, 1.54) is 6.20 Å². The number of primary amides is 1. The molecule has 29 heavy (non-hydrogen) atoms. The fraction of sp³-hybridized carbons (Fsp3) is 0.105. The number of H-pyrrole nitrogens is 1. The molecule has 0 saturated heterocycles. The number of nitrogens with zero attached hydrogens (tertiary/aromatic N) is 2. The van der Waals surface area contributed by atoms with Gasteiger partial charge in [-0.1, -0.05) is 12.2 Å². The van der Waals surface area contributed by atoms with E-state index >= 15 is 0 Å². The molecule has 0 spiro atoms. The van der Waals surface area contributed by atoms with Crippen molar-refractivity contribution in [3.05, 3.63) is 66.0 Å². The minimum absolute atomic E-state index is 0.257. The highest BCUT2D eigenvalue weighted by Crippen LogP contribution is 2.10. The average Bonchev–Trinajstić information content (AvgIpc) is 3.18. The summed E-state index contributed by atoms with van der Waals surface area (Å²) in [5, 5.41) is 14.5. The van der Waals surface area contributed by atoms with E-state index in [4.69, 9.17) is 5.73 Å². The highest BCUT2D eigenvalue weighted by atomic mass is 16.2. The Bertz CT molecular complexity index is 1060. The Labute approximate surface area is 165 Å². The summed E-state index contributed by atoms with van der Waals surface area (Å²) < 4.78 is 0. The second-order valence-corrected chi connectivity index (χ2v) is 5.98. The van der Waals surface area contributed by atoms with Gasteiger partial charge < -0.3 is 21.7 Å². The molecule has 0 fully saturated rings. The number of aromatic nitrogens is 3. The number of nitrogens with two attached hydrogens (primary N) is 1. The molecular weight excluding hydrogens is 374 g/mol. The van der Waals surface area contributed by atoms with Gasteiger partial charge in [0.1, 0.15) is 5.52 Å². The standard InChI is InChI=1S/C19H19N7O3/c20-19(29)25-14-5-3-12(4-6-14)17(27)21-7-1-2-8-22-18(28)13-9-15-16(23-10-13)11-24-26-15/h1-6,9-11H,7-8H2,(H,21,27)(H,22,28)(H,24,26)(H3,20,25,29)/b2-1-. The topological polar surface area (TPSA) is 155 Å². The zero-order valence-corrected chi connectivity index (χ0v) is 15.3. The quantitative estimate of drug-likeness (QED) is 0.381. The molecule has 0 saturated carbocycles. The van der Waals surface area contributed by atoms with Crippen LogP contribution in [0.1, 0.15) is 20.7 Å². The molecule has 6 N–H and O–H groups in total. The van der Waals surface area contributed by atoms with Crippen LogP contribution in [-0.2, 0) is 0 Å². The third-order valence-corrected chi connectivity index (χ3v) is 3.89. The summed E-state index contributed by atoms with van der Waals surface area (Å²) in [7, 11) is 0. The fourth-order valence-corrected chi connectivity index (χ4v) is 2.48. The molecule has 148 valence electrons. The van der Waals surface area contributed by atoms with Crippen LogP contribution in [0.3, 0.4) is 0 Å². The van der Waals surface area contributed by atoms with Gasteiger partial charge >= 0.3 is 6.03 Å². The highest BCUT2D eigenvalue weighted by molar-refractivity contribution is 5.97. The molecule has 0 radical (unpaired) electrons. The van der Waals surface area contributed by atoms with Crippen molar-refractivity contribution in [1.29, 1.82) is 0 Å². The van der Waals surface area contributed by atoms with Gasteiger partial charge in [0.25, 0.3) is 11.8 Å². The third-order valence-electron chi connectivity index (χ3n) is 3.89. The van der Waals surface area contributed by atoms with Gasteiger partial charge in [-0.25, -0.2) is 4.79 Å². The number of amides is 4. The molecule has 0 unspecified atom stereocenters. The number of carbonyl (C=O) groups is 3. The van der Waals surface area contributed by atoms with Gasteiger partial charge in [-0.3, -0.25) is 19.7 Å². The summed E-state index contributed by atoms with van der Waals surface area (Å²) in [6.45, 7) is 0.612. The van der Waals surface area contributed by atoms with Gasteiger partial charge in [0.2, 0.25) is 0 Å². The largest absolute Gasteiger partial charge is 0.351 e. The van der Waals surface area contributed by atoms with Crippen molar-refractivity contribution in [3.8, 4) is 0 Å². The Morgan fingerprint density at radius 2 is 1.62 bits per heavy atom. The van der Waals surface area contributed by atoms with Crippen molar-refractivity contribution in [2.75, 3.05) is 18.4 Å². The smallest absolute Gasteiger partial charge is 0.316 e. The molecule has 0 bridgehead atoms. The molecule has 10 heteroatoms. The third kappa shape index (κ3) is 5.39. The normalized spacial score (nSPS) is 10.8. The van der Waals surface area contributed by atoms with Crippen molar-refractivity contribution < 1.29 is 14.4 Å². The van der Waals surface area contributed by atoms with E-state index in [9.17, 15) is 14.4 Å². The van der Waals surface area contributed by atoms with Gasteiger partial charge in [-0.05, 0) is 30.3 Å². The first-order chi connectivity index (χ1) is 14.0. The Kier molecular flexibility index (Phi) is 6.15. The minimum atomic E-state index is -0.669. The second kappa shape index (κ2) is 9.13. The predicted octanol–water partition coefficient (Wildman–Crippen LogP) is 1.16. The van der Waals surface area contributed by atoms with E-state index in [-0.39, 0.29) is 11.8 Å². The summed E-state index contributed by atoms with van der Waals surface area (Å²) in [6, 6.07) is 7.34. The van der Waals surface area contributed by atoms with E-state index in [2.05, 4.69) is 31.1 Å². The van der Waals surface area contributed by atoms with Crippen LogP contribution < -0.4 is 21.7 Å². The van der Waals surface area contributed by atoms with Crippen molar-refractivity contribution in [1.82, 2.24) is 25.8 Å². The second-order valence-electron chi connectivity index (χ2n) is 5.98. The molecule has 2 heterocycles. The number of hydrogen-bond donors (Lipinski definition) is 5. The molecule has 3 rings (SSSR count). The van der Waals surface area contributed by atoms with E-state index in [0.717, 1.165) is 0 Å². The van der Waals surface area contributed by atoms with Gasteiger partial charge in [0, 0.05) is 30.5 Å². The molecular formula is C19H19N7O3. The maximum atomic E-state index is 12.1. The zero-order chi connectivity index (χ0) is 20.6. The molecule has 3 aromatic rings. The van der Waals surface area contributed by atoms with E-state index in [1.54, 1.807) is 48.7 Å². The predicted molar refractivity (Wildman–Crippen MR) is 107 cm³/mol. The van der Waals surface area contributed by atoms with Crippen LogP contribution >= 0.6 is 0 Å². The lowest BCUT2D eigenvalue weighted by Gasteiger charge is -2.05. The molecule has 1 aromatic carbocycles. The van der Waals surface area contributed by atoms with E-state index < -0.39 is 6.03 Å². The lowest BCUT2D eigenvalue weighted by atomic mass is 10.2. The monoisotopic (exact) mass is 393 g/mol. The lowest BCUT2D eigenvalue weighted by Crippen LogP contribution is -2.25. The number of hydrogen-bond acceptors (Lipinski definition) is 5. The van der Waals surface area contributed by atoms with E-state index in [1.807, 2.05) is 0 Å². The van der Waals surface area contributed by atoms with Crippen molar-refractivity contribution >= 4 is 34.6 Å². The van der Waals surface area contributed by atoms with Gasteiger partial charge in [0.15, 0.2) is 0 Å². The van der Waals surface area contributed by atoms with Crippen LogP contribution in [0, 0.1) is 0 Å². The van der Waals surface area contributed by atoms with Crippen molar-refractivity contribution in [2.24, 2.45) is 5.73 Å². The molecule has 4 amide bonds. The molecule has 0 atom stereocenters. The van der Waals surface area contributed by atoms with Gasteiger partial charge in [0.05, 0.1) is 17.3 Å². The number of nitrogens with one attached hydrogen (secondary N) is 4. The number of urea groups is 1. The number of pyridine rings is 1. The summed E-state index contributed by atoms with van der Waals surface area (Å²) in [4.78, 5) is 39.1. The van der Waals surface area contributed by atoms with Gasteiger partial charge in [-0.2, -0.15) is 5.10 Å². The summed E-state index contributed by atoms with van der Waals surface area (Å²) in [6.07, 6.45) is 6.54. The number of rotatable bonds is 7. The first-order valence-electron chi connectivity index (χ1n) is 8.70. The van der Waals surface area contributed by atoms with Gasteiger partial charge in [-0.15, -0.1) is 0 Å². The van der Waals surface area contributed by atoms with E-state index in [0.29, 0.717) is 40.9 Å². The average molecular weight is 393 g/mol. The molecule has 0 aliphatic carbocycles. The van der Waals surface area contributed by atoms with Crippen LogP contribution in [0.25, 0.3) is 11.0 Å². The molecule has 0 aliphatic rings. The maximum Gasteiger partial charge on any atom is 0.316 e. The molecule has 10 nitrogen and oxygen atoms in total. The fourth-order valence-electron chi connectivity index (χ4n) is 2.48. The first kappa shape index (κ1) is 19.5. The Hall–Kier alpha value is -4.21. The number of anilines is 1. The van der Waals surface area contributed by atoms with Crippen molar-refractivity contribution in [2.45, 2.75) is 0 Å². The summed E-state index contributed by atoms with van der Waals surface area (Å²) in [5.41, 5.74) is 7.79. The molecule has 2 aromatic heterocycles. The minimum Gasteiger partial charge on any atom is -0.351 e. The Balaban J connectivity index is 1.40. The summed E-state index contributed by atoms with van der Waals surface area (Å²) in [5.74, 6) is -0.518. The van der Waals surface area contributed by atoms with Crippen LogP contribution in [0.2, 0.25) is 0 Å². The maximum absolute atomic E-state index is 12.1. The first-order valence-corrected chi connectivity index (χ1v) is 8.70. The van der Waals surface area contributed by atoms with Crippen LogP contribution in [-0.4, -0.2) is 46.1 Å². The number of aromatic amines is 1. The Morgan fingerprint density at radius 1 is 0.966 bits per heavy atom. The highest BCUT2D eigenvalue weighted by Gasteiger charge is 2.07. The number of benzene rings is 1. The number of fused-ring (bicyclic) bond motifs is 1. The van der Waals surface area contributed by atoms with Crippen LogP contribution in [0.15, 0.2) is 54.9 Å². The van der Waals surface area contributed by atoms with Crippen molar-refractivity contribution in [3.63, 3.8) is 0 Å². The zero-order valence-electron chi connectivity index (χ0n) is 15.3. The van der Waals surface area contributed by atoms with Crippen LogP contribution in [0.4, 0.5) is 10.5 Å². The SMILES string of the molecule is NC(=O)Nc1ccc(C(=O)NC/C=C\CNC(=O)c2cnc3cn[nH]c3c2)cc1. The lowest BCUT2D eigenvalue weighted by molar-refractivity contribution is 0.0948. The van der Waals surface area contributed by atoms with Crippen LogP contribution in [0.5, 0.6) is 0 Å². The molecule has 0 aliphatic heterocycles. The Morgan fingerprint density at radius 3 is 2.28 bits per heavy atom.